The average Bonchev–Trinajstić information content (AvgIpc) is 3.04. The summed E-state index contributed by atoms with van der Waals surface area (Å²) in [5.74, 6) is -0.573. The van der Waals surface area contributed by atoms with Crippen LogP contribution in [0, 0.1) is 5.82 Å². The van der Waals surface area contributed by atoms with Crippen molar-refractivity contribution < 1.29 is 9.18 Å². The van der Waals surface area contributed by atoms with Gasteiger partial charge in [-0.2, -0.15) is 5.10 Å². The molecule has 0 amide bonds. The first-order valence-electron chi connectivity index (χ1n) is 6.88. The van der Waals surface area contributed by atoms with Gasteiger partial charge in [0.15, 0.2) is 5.78 Å². The van der Waals surface area contributed by atoms with Gasteiger partial charge in [0.05, 0.1) is 11.9 Å². The molecule has 0 aliphatic carbocycles. The second kappa shape index (κ2) is 5.89. The molecule has 0 fully saturated rings. The first-order chi connectivity index (χ1) is 10.6. The Morgan fingerprint density at radius 2 is 2.05 bits per heavy atom. The number of hydrogen-bond donors (Lipinski definition) is 0. The molecule has 4 nitrogen and oxygen atoms in total. The summed E-state index contributed by atoms with van der Waals surface area (Å²) in [5, 5.41) is 4.16. The first kappa shape index (κ1) is 14.1. The molecule has 3 aromatic rings. The Labute approximate surface area is 127 Å². The molecule has 0 unspecified atom stereocenters. The van der Waals surface area contributed by atoms with Gasteiger partial charge in [0.2, 0.25) is 0 Å². The summed E-state index contributed by atoms with van der Waals surface area (Å²) in [7, 11) is 0. The maximum absolute atomic E-state index is 13.8. The summed E-state index contributed by atoms with van der Waals surface area (Å²) in [6.07, 6.45) is 5.08. The summed E-state index contributed by atoms with van der Waals surface area (Å²) in [6.45, 7) is 1.42. The number of hydrogen-bond acceptors (Lipinski definition) is 3. The summed E-state index contributed by atoms with van der Waals surface area (Å²) in [4.78, 5) is 15.1. The Morgan fingerprint density at radius 1 is 1.27 bits per heavy atom. The van der Waals surface area contributed by atoms with Crippen molar-refractivity contribution in [1.29, 1.82) is 0 Å². The van der Waals surface area contributed by atoms with Crippen LogP contribution in [0.1, 0.15) is 28.5 Å². The molecule has 0 atom stereocenters. The minimum atomic E-state index is -0.402. The molecule has 110 valence electrons. The fraction of sp³-hybridized carbons (Fsp3) is 0.118. The van der Waals surface area contributed by atoms with Crippen molar-refractivity contribution in [1.82, 2.24) is 14.8 Å². The SMILES string of the molecule is CC(=O)c1cc(Cc2ccc(-n3cccn3)cc2)c(F)cn1. The summed E-state index contributed by atoms with van der Waals surface area (Å²) < 4.78 is 15.6. The zero-order valence-electron chi connectivity index (χ0n) is 12.0. The highest BCUT2D eigenvalue weighted by Gasteiger charge is 2.09. The van der Waals surface area contributed by atoms with E-state index in [1.165, 1.54) is 13.0 Å². The largest absolute Gasteiger partial charge is 0.293 e. The zero-order chi connectivity index (χ0) is 15.5. The lowest BCUT2D eigenvalue weighted by atomic mass is 10.0. The standard InChI is InChI=1S/C17H14FN3O/c1-12(22)17-10-14(16(18)11-19-17)9-13-3-5-15(6-4-13)21-8-2-7-20-21/h2-8,10-11H,9H2,1H3. The van der Waals surface area contributed by atoms with Crippen LogP contribution in [-0.4, -0.2) is 20.5 Å². The fourth-order valence-electron chi connectivity index (χ4n) is 2.22. The van der Waals surface area contributed by atoms with E-state index in [2.05, 4.69) is 10.1 Å². The minimum absolute atomic E-state index is 0.171. The van der Waals surface area contributed by atoms with Crippen LogP contribution in [0.5, 0.6) is 0 Å². The topological polar surface area (TPSA) is 47.8 Å². The van der Waals surface area contributed by atoms with E-state index in [1.807, 2.05) is 36.5 Å². The lowest BCUT2D eigenvalue weighted by molar-refractivity contribution is 0.101. The Balaban J connectivity index is 1.84. The quantitative estimate of drug-likeness (QED) is 0.694. The van der Waals surface area contributed by atoms with Crippen molar-refractivity contribution in [3.63, 3.8) is 0 Å². The Bertz CT molecular complexity index is 795. The number of Topliss-reactive ketones (excluding diaryl/α,β-unsaturated/α-hetero) is 1. The van der Waals surface area contributed by atoms with Crippen LogP contribution < -0.4 is 0 Å². The molecular weight excluding hydrogens is 281 g/mol. The Morgan fingerprint density at radius 3 is 2.68 bits per heavy atom. The van der Waals surface area contributed by atoms with Gasteiger partial charge in [-0.15, -0.1) is 0 Å². The summed E-state index contributed by atoms with van der Waals surface area (Å²) >= 11 is 0. The van der Waals surface area contributed by atoms with E-state index in [9.17, 15) is 9.18 Å². The van der Waals surface area contributed by atoms with Crippen LogP contribution in [0.3, 0.4) is 0 Å². The van der Waals surface area contributed by atoms with E-state index < -0.39 is 5.82 Å². The van der Waals surface area contributed by atoms with E-state index in [0.717, 1.165) is 17.4 Å². The molecular formula is C17H14FN3O. The normalized spacial score (nSPS) is 10.6. The van der Waals surface area contributed by atoms with Crippen LogP contribution >= 0.6 is 0 Å². The third kappa shape index (κ3) is 2.93. The molecule has 0 saturated carbocycles. The Kier molecular flexibility index (Phi) is 3.78. The molecule has 0 radical (unpaired) electrons. The van der Waals surface area contributed by atoms with Crippen LogP contribution in [-0.2, 0) is 6.42 Å². The van der Waals surface area contributed by atoms with Gasteiger partial charge in [-0.1, -0.05) is 12.1 Å². The van der Waals surface area contributed by atoms with Gasteiger partial charge >= 0.3 is 0 Å². The Hall–Kier alpha value is -2.82. The summed E-state index contributed by atoms with van der Waals surface area (Å²) in [5.41, 5.74) is 2.64. The molecule has 0 bridgehead atoms. The van der Waals surface area contributed by atoms with Crippen LogP contribution in [0.25, 0.3) is 5.69 Å². The highest BCUT2D eigenvalue weighted by atomic mass is 19.1. The van der Waals surface area contributed by atoms with Gasteiger partial charge in [0.25, 0.3) is 0 Å². The maximum atomic E-state index is 13.8. The predicted octanol–water partition coefficient (Wildman–Crippen LogP) is 3.20. The number of ketones is 1. The van der Waals surface area contributed by atoms with E-state index in [1.54, 1.807) is 10.9 Å². The third-order valence-corrected chi connectivity index (χ3v) is 3.40. The molecule has 0 aliphatic rings. The smallest absolute Gasteiger partial charge is 0.178 e. The molecule has 1 aromatic carbocycles. The highest BCUT2D eigenvalue weighted by Crippen LogP contribution is 2.16. The van der Waals surface area contributed by atoms with Crippen LogP contribution in [0.4, 0.5) is 4.39 Å². The second-order valence-electron chi connectivity index (χ2n) is 5.01. The maximum Gasteiger partial charge on any atom is 0.178 e. The number of pyridine rings is 1. The molecule has 22 heavy (non-hydrogen) atoms. The number of halogens is 1. The third-order valence-electron chi connectivity index (χ3n) is 3.40. The van der Waals surface area contributed by atoms with Gasteiger partial charge in [-0.3, -0.25) is 9.78 Å². The monoisotopic (exact) mass is 295 g/mol. The number of aromatic nitrogens is 3. The molecule has 0 saturated heterocycles. The molecule has 3 rings (SSSR count). The van der Waals surface area contributed by atoms with Gasteiger partial charge < -0.3 is 0 Å². The molecule has 0 aliphatic heterocycles. The molecule has 0 spiro atoms. The fourth-order valence-corrected chi connectivity index (χ4v) is 2.22. The lowest BCUT2D eigenvalue weighted by Gasteiger charge is -2.07. The van der Waals surface area contributed by atoms with E-state index in [-0.39, 0.29) is 11.5 Å². The average molecular weight is 295 g/mol. The molecule has 5 heteroatoms. The van der Waals surface area contributed by atoms with E-state index in [0.29, 0.717) is 12.0 Å². The van der Waals surface area contributed by atoms with Crippen molar-refractivity contribution in [3.8, 4) is 5.69 Å². The molecule has 0 N–H and O–H groups in total. The molecule has 2 heterocycles. The highest BCUT2D eigenvalue weighted by molar-refractivity contribution is 5.92. The van der Waals surface area contributed by atoms with Crippen LogP contribution in [0.15, 0.2) is 55.0 Å². The number of benzene rings is 1. The van der Waals surface area contributed by atoms with Crippen molar-refractivity contribution in [3.05, 3.63) is 77.6 Å². The van der Waals surface area contributed by atoms with Crippen molar-refractivity contribution in [2.75, 3.05) is 0 Å². The summed E-state index contributed by atoms with van der Waals surface area (Å²) in [6, 6.07) is 11.1. The van der Waals surface area contributed by atoms with Gasteiger partial charge in [0.1, 0.15) is 11.5 Å². The van der Waals surface area contributed by atoms with Gasteiger partial charge in [-0.25, -0.2) is 9.07 Å². The number of carbonyl (C=O) groups excluding carboxylic acids is 1. The van der Waals surface area contributed by atoms with E-state index >= 15 is 0 Å². The van der Waals surface area contributed by atoms with Crippen LogP contribution in [0.2, 0.25) is 0 Å². The molecule has 2 aromatic heterocycles. The first-order valence-corrected chi connectivity index (χ1v) is 6.88. The van der Waals surface area contributed by atoms with Gasteiger partial charge in [-0.05, 0) is 35.4 Å². The lowest BCUT2D eigenvalue weighted by Crippen LogP contribution is -2.02. The van der Waals surface area contributed by atoms with E-state index in [4.69, 9.17) is 0 Å². The van der Waals surface area contributed by atoms with Crippen molar-refractivity contribution in [2.24, 2.45) is 0 Å². The second-order valence-corrected chi connectivity index (χ2v) is 5.01. The minimum Gasteiger partial charge on any atom is -0.293 e. The number of nitrogens with zero attached hydrogens (tertiary/aromatic N) is 3. The number of rotatable bonds is 4. The number of carbonyl (C=O) groups is 1. The predicted molar refractivity (Wildman–Crippen MR) is 80.6 cm³/mol. The van der Waals surface area contributed by atoms with Crippen molar-refractivity contribution in [2.45, 2.75) is 13.3 Å². The zero-order valence-corrected chi connectivity index (χ0v) is 12.0. The van der Waals surface area contributed by atoms with Gasteiger partial charge in [0, 0.05) is 25.7 Å². The van der Waals surface area contributed by atoms with Crippen molar-refractivity contribution >= 4 is 5.78 Å².